The van der Waals surface area contributed by atoms with Gasteiger partial charge in [0.1, 0.15) is 53.3 Å². The summed E-state index contributed by atoms with van der Waals surface area (Å²) in [6, 6.07) is 17.2. The molecule has 1 unspecified atom stereocenters. The summed E-state index contributed by atoms with van der Waals surface area (Å²) in [5, 5.41) is 21.1. The van der Waals surface area contributed by atoms with Gasteiger partial charge in [-0.1, -0.05) is 0 Å². The lowest BCUT2D eigenvalue weighted by Gasteiger charge is -2.41. The van der Waals surface area contributed by atoms with Crippen LogP contribution in [0.3, 0.4) is 0 Å². The van der Waals surface area contributed by atoms with Crippen LogP contribution in [-0.4, -0.2) is 115 Å². The number of nitrogens with one attached hydrogen (secondary N) is 3. The van der Waals surface area contributed by atoms with Gasteiger partial charge in [-0.05, 0) is 77.9 Å². The van der Waals surface area contributed by atoms with Crippen LogP contribution in [0.15, 0.2) is 61.2 Å². The third-order valence-corrected chi connectivity index (χ3v) is 10.0. The second-order valence-corrected chi connectivity index (χ2v) is 14.8. The minimum absolute atomic E-state index is 0.0256. The highest BCUT2D eigenvalue weighted by Crippen LogP contribution is 2.32. The lowest BCUT2D eigenvalue weighted by Crippen LogP contribution is -2.54. The number of hydrogen-bond acceptors (Lipinski definition) is 12. The second-order valence-electron chi connectivity index (χ2n) is 14.8. The number of benzene rings is 2. The number of fused-ring (bicyclic) bond motifs is 2. The average Bonchev–Trinajstić information content (AvgIpc) is 3.76. The zero-order chi connectivity index (χ0) is 36.6. The predicted octanol–water partition coefficient (Wildman–Crippen LogP) is 5.31. The van der Waals surface area contributed by atoms with E-state index in [0.29, 0.717) is 18.1 Å². The van der Waals surface area contributed by atoms with E-state index in [0.717, 1.165) is 107 Å². The molecule has 2 saturated heterocycles. The SMILES string of the molecule is CC(C)Oc1ccc2[nH]nc(-c3cc(N4CCN(CC(C)Oc5ccc6[nH]nc(-c7cc(N8C[C@@H](C)N[C@@H](C)C8)ncn7)c6c5)[C@@H](C)C4)ncn3)c2c1. The molecule has 0 radical (unpaired) electrons. The van der Waals surface area contributed by atoms with Crippen molar-refractivity contribution in [1.29, 1.82) is 0 Å². The highest BCUT2D eigenvalue weighted by Gasteiger charge is 2.27. The van der Waals surface area contributed by atoms with E-state index in [1.165, 1.54) is 0 Å². The number of hydrogen-bond donors (Lipinski definition) is 3. The van der Waals surface area contributed by atoms with Crippen LogP contribution in [0.1, 0.15) is 41.5 Å². The average molecular weight is 717 g/mol. The largest absolute Gasteiger partial charge is 0.491 e. The summed E-state index contributed by atoms with van der Waals surface area (Å²) in [7, 11) is 0. The zero-order valence-corrected chi connectivity index (χ0v) is 31.2. The van der Waals surface area contributed by atoms with Gasteiger partial charge in [0.15, 0.2) is 0 Å². The van der Waals surface area contributed by atoms with Crippen LogP contribution >= 0.6 is 0 Å². The Balaban J connectivity index is 0.914. The topological polar surface area (TPSA) is 149 Å². The molecule has 53 heavy (non-hydrogen) atoms. The van der Waals surface area contributed by atoms with E-state index >= 15 is 0 Å². The first-order chi connectivity index (χ1) is 25.7. The molecule has 4 atom stereocenters. The van der Waals surface area contributed by atoms with Gasteiger partial charge in [0.25, 0.3) is 0 Å². The quantitative estimate of drug-likeness (QED) is 0.169. The molecule has 6 aromatic rings. The van der Waals surface area contributed by atoms with Gasteiger partial charge in [-0.15, -0.1) is 0 Å². The maximum Gasteiger partial charge on any atom is 0.132 e. The molecule has 0 saturated carbocycles. The molecule has 8 rings (SSSR count). The number of anilines is 2. The third kappa shape index (κ3) is 7.46. The van der Waals surface area contributed by atoms with E-state index in [9.17, 15) is 0 Å². The van der Waals surface area contributed by atoms with Crippen molar-refractivity contribution in [2.45, 2.75) is 71.9 Å². The van der Waals surface area contributed by atoms with Crippen molar-refractivity contribution < 1.29 is 9.47 Å². The van der Waals surface area contributed by atoms with E-state index in [2.05, 4.69) is 94.1 Å². The number of aromatic amines is 2. The van der Waals surface area contributed by atoms with Gasteiger partial charge in [-0.25, -0.2) is 19.9 Å². The highest BCUT2D eigenvalue weighted by atomic mass is 16.5. The number of piperazine rings is 2. The van der Waals surface area contributed by atoms with Crippen LogP contribution in [0.4, 0.5) is 11.6 Å². The fraction of sp³-hybridized carbons (Fsp3) is 0.436. The minimum Gasteiger partial charge on any atom is -0.491 e. The fourth-order valence-corrected chi connectivity index (χ4v) is 7.68. The summed E-state index contributed by atoms with van der Waals surface area (Å²) >= 11 is 0. The molecular weight excluding hydrogens is 669 g/mol. The number of ether oxygens (including phenoxy) is 2. The Hall–Kier alpha value is -5.34. The molecule has 0 aliphatic carbocycles. The lowest BCUT2D eigenvalue weighted by molar-refractivity contribution is 0.110. The number of nitrogens with zero attached hydrogens (tertiary/aromatic N) is 9. The van der Waals surface area contributed by atoms with Gasteiger partial charge in [0, 0.05) is 80.3 Å². The first-order valence-electron chi connectivity index (χ1n) is 18.6. The molecule has 14 nitrogen and oxygen atoms in total. The molecule has 0 amide bonds. The summed E-state index contributed by atoms with van der Waals surface area (Å²) in [4.78, 5) is 25.6. The van der Waals surface area contributed by atoms with Gasteiger partial charge >= 0.3 is 0 Å². The van der Waals surface area contributed by atoms with Gasteiger partial charge in [0.05, 0.1) is 28.5 Å². The summed E-state index contributed by atoms with van der Waals surface area (Å²) in [5.41, 5.74) is 5.03. The lowest BCUT2D eigenvalue weighted by atomic mass is 10.1. The molecule has 2 aliphatic heterocycles. The summed E-state index contributed by atoms with van der Waals surface area (Å²) < 4.78 is 12.5. The zero-order valence-electron chi connectivity index (χ0n) is 31.2. The van der Waals surface area contributed by atoms with Crippen LogP contribution in [0, 0.1) is 0 Å². The van der Waals surface area contributed by atoms with Gasteiger partial charge < -0.3 is 24.6 Å². The van der Waals surface area contributed by atoms with Crippen molar-refractivity contribution >= 4 is 33.4 Å². The van der Waals surface area contributed by atoms with Crippen LogP contribution in [0.25, 0.3) is 44.6 Å². The Morgan fingerprint density at radius 2 is 1.25 bits per heavy atom. The molecule has 6 heterocycles. The number of rotatable bonds is 10. The van der Waals surface area contributed by atoms with Crippen LogP contribution in [0.5, 0.6) is 11.5 Å². The first kappa shape index (κ1) is 34.7. The molecule has 3 N–H and O–H groups in total. The summed E-state index contributed by atoms with van der Waals surface area (Å²) in [6.07, 6.45) is 3.33. The van der Waals surface area contributed by atoms with Crippen molar-refractivity contribution in [3.05, 3.63) is 61.2 Å². The molecular formula is C39H48N12O2. The maximum atomic E-state index is 6.53. The fourth-order valence-electron chi connectivity index (χ4n) is 7.68. The van der Waals surface area contributed by atoms with E-state index in [-0.39, 0.29) is 12.2 Å². The standard InChI is InChI=1S/C39H48N12O2/c1-23(2)52-28-7-9-32-30(13-28)38(47-45-32)34-15-36(42-21-40-34)50-12-11-49(26(5)19-50)20-27(6)53-29-8-10-33-31(14-29)39(48-46-33)35-16-37(43-22-41-35)51-17-24(3)44-25(4)18-51/h7-10,13-16,21-27,44H,11-12,17-20H2,1-6H3,(H,45,47)(H,46,48)/t24-,25+,26-,27?/m0/s1. The van der Waals surface area contributed by atoms with Gasteiger partial charge in [0.2, 0.25) is 0 Å². The van der Waals surface area contributed by atoms with Crippen molar-refractivity contribution in [3.63, 3.8) is 0 Å². The summed E-state index contributed by atoms with van der Waals surface area (Å²) in [5.74, 6) is 3.43. The Kier molecular flexibility index (Phi) is 9.56. The van der Waals surface area contributed by atoms with Crippen molar-refractivity contribution in [2.75, 3.05) is 49.1 Å². The smallest absolute Gasteiger partial charge is 0.132 e. The Morgan fingerprint density at radius 1 is 0.679 bits per heavy atom. The summed E-state index contributed by atoms with van der Waals surface area (Å²) in [6.45, 7) is 18.0. The molecule has 2 fully saturated rings. The van der Waals surface area contributed by atoms with E-state index in [1.807, 2.05) is 56.3 Å². The van der Waals surface area contributed by atoms with Crippen molar-refractivity contribution in [2.24, 2.45) is 0 Å². The normalized spacial score (nSPS) is 20.4. The number of H-pyrrole nitrogens is 2. The molecule has 276 valence electrons. The first-order valence-corrected chi connectivity index (χ1v) is 18.6. The molecule has 0 bridgehead atoms. The Morgan fingerprint density at radius 3 is 1.81 bits per heavy atom. The van der Waals surface area contributed by atoms with E-state index in [1.54, 1.807) is 12.7 Å². The number of aromatic nitrogens is 8. The van der Waals surface area contributed by atoms with Crippen molar-refractivity contribution in [1.82, 2.24) is 50.5 Å². The minimum atomic E-state index is -0.0256. The molecule has 2 aromatic carbocycles. The molecule has 2 aliphatic rings. The highest BCUT2D eigenvalue weighted by molar-refractivity contribution is 5.94. The third-order valence-electron chi connectivity index (χ3n) is 10.0. The van der Waals surface area contributed by atoms with Crippen LogP contribution in [-0.2, 0) is 0 Å². The Labute approximate surface area is 309 Å². The van der Waals surface area contributed by atoms with Crippen LogP contribution < -0.4 is 24.6 Å². The molecule has 0 spiro atoms. The van der Waals surface area contributed by atoms with Crippen molar-refractivity contribution in [3.8, 4) is 34.3 Å². The maximum absolute atomic E-state index is 6.53. The van der Waals surface area contributed by atoms with Gasteiger partial charge in [-0.2, -0.15) is 10.2 Å². The van der Waals surface area contributed by atoms with Crippen LogP contribution in [0.2, 0.25) is 0 Å². The van der Waals surface area contributed by atoms with Gasteiger partial charge in [-0.3, -0.25) is 15.1 Å². The molecule has 14 heteroatoms. The van der Waals surface area contributed by atoms with E-state index < -0.39 is 0 Å². The second kappa shape index (κ2) is 14.6. The predicted molar refractivity (Wildman–Crippen MR) is 208 cm³/mol. The Bertz CT molecular complexity index is 2190. The monoisotopic (exact) mass is 716 g/mol. The molecule has 4 aromatic heterocycles. The van der Waals surface area contributed by atoms with E-state index in [4.69, 9.17) is 9.47 Å².